The van der Waals surface area contributed by atoms with Crippen LogP contribution in [0, 0.1) is 18.3 Å². The maximum atomic E-state index is 9.22. The highest BCUT2D eigenvalue weighted by Gasteiger charge is 2.12. The van der Waals surface area contributed by atoms with Gasteiger partial charge in [0, 0.05) is 16.5 Å². The van der Waals surface area contributed by atoms with Gasteiger partial charge in [-0.1, -0.05) is 36.4 Å². The number of hydrogen-bond acceptors (Lipinski definition) is 1. The Balaban J connectivity index is 2.20. The minimum Gasteiger partial charge on any atom is -0.309 e. The van der Waals surface area contributed by atoms with Crippen LogP contribution in [0.1, 0.15) is 11.1 Å². The van der Waals surface area contributed by atoms with Gasteiger partial charge in [0.1, 0.15) is 0 Å². The Morgan fingerprint density at radius 1 is 0.818 bits per heavy atom. The van der Waals surface area contributed by atoms with Crippen molar-refractivity contribution in [2.45, 2.75) is 6.92 Å². The standard InChI is InChI=1S/C20H14N2/c1-14-5-4-6-16(11-14)22-19-8-3-2-7-17(19)18-10-9-15(13-21)12-20(18)22/h2-12H,1H3. The third kappa shape index (κ3) is 1.80. The van der Waals surface area contributed by atoms with Crippen molar-refractivity contribution in [2.75, 3.05) is 0 Å². The zero-order valence-corrected chi connectivity index (χ0v) is 12.2. The molecule has 0 amide bonds. The molecule has 104 valence electrons. The highest BCUT2D eigenvalue weighted by Crippen LogP contribution is 2.32. The third-order valence-corrected chi connectivity index (χ3v) is 4.06. The molecule has 2 heteroatoms. The Labute approximate surface area is 128 Å². The highest BCUT2D eigenvalue weighted by molar-refractivity contribution is 6.09. The maximum Gasteiger partial charge on any atom is 0.0992 e. The molecule has 0 atom stereocenters. The lowest BCUT2D eigenvalue weighted by Crippen LogP contribution is -1.94. The summed E-state index contributed by atoms with van der Waals surface area (Å²) in [6.07, 6.45) is 0. The molecule has 2 nitrogen and oxygen atoms in total. The molecule has 0 saturated carbocycles. The van der Waals surface area contributed by atoms with Crippen LogP contribution in [0.4, 0.5) is 0 Å². The molecule has 0 aliphatic rings. The average Bonchev–Trinajstić information content (AvgIpc) is 2.88. The van der Waals surface area contributed by atoms with Crippen LogP contribution >= 0.6 is 0 Å². The predicted molar refractivity (Wildman–Crippen MR) is 90.2 cm³/mol. The van der Waals surface area contributed by atoms with E-state index in [1.165, 1.54) is 16.3 Å². The van der Waals surface area contributed by atoms with Crippen LogP contribution in [-0.4, -0.2) is 4.57 Å². The van der Waals surface area contributed by atoms with Crippen LogP contribution in [0.15, 0.2) is 66.7 Å². The molecule has 0 spiro atoms. The molecular formula is C20H14N2. The van der Waals surface area contributed by atoms with Crippen molar-refractivity contribution in [3.8, 4) is 11.8 Å². The number of benzene rings is 3. The second kappa shape index (κ2) is 4.75. The fourth-order valence-corrected chi connectivity index (χ4v) is 3.09. The number of nitrogens with zero attached hydrogens (tertiary/aromatic N) is 2. The predicted octanol–water partition coefficient (Wildman–Crippen LogP) is 4.96. The van der Waals surface area contributed by atoms with Gasteiger partial charge in [0.25, 0.3) is 0 Å². The van der Waals surface area contributed by atoms with Crippen molar-refractivity contribution >= 4 is 21.8 Å². The molecule has 0 radical (unpaired) electrons. The molecule has 0 saturated heterocycles. The highest BCUT2D eigenvalue weighted by atomic mass is 15.0. The van der Waals surface area contributed by atoms with Gasteiger partial charge in [-0.3, -0.25) is 0 Å². The number of hydrogen-bond donors (Lipinski definition) is 0. The Morgan fingerprint density at radius 2 is 1.64 bits per heavy atom. The zero-order valence-electron chi connectivity index (χ0n) is 12.2. The van der Waals surface area contributed by atoms with E-state index in [9.17, 15) is 5.26 Å². The summed E-state index contributed by atoms with van der Waals surface area (Å²) in [7, 11) is 0. The maximum absolute atomic E-state index is 9.22. The molecule has 4 rings (SSSR count). The Bertz CT molecular complexity index is 1050. The first-order valence-corrected chi connectivity index (χ1v) is 7.28. The van der Waals surface area contributed by atoms with Gasteiger partial charge in [-0.15, -0.1) is 0 Å². The largest absolute Gasteiger partial charge is 0.309 e. The molecule has 0 aliphatic carbocycles. The van der Waals surface area contributed by atoms with Crippen LogP contribution in [0.5, 0.6) is 0 Å². The second-order valence-corrected chi connectivity index (χ2v) is 5.54. The Hall–Kier alpha value is -3.05. The molecule has 3 aromatic carbocycles. The van der Waals surface area contributed by atoms with E-state index in [1.807, 2.05) is 18.2 Å². The summed E-state index contributed by atoms with van der Waals surface area (Å²) in [5, 5.41) is 11.6. The topological polar surface area (TPSA) is 28.7 Å². The minimum absolute atomic E-state index is 0.684. The van der Waals surface area contributed by atoms with Crippen LogP contribution < -0.4 is 0 Å². The summed E-state index contributed by atoms with van der Waals surface area (Å²) < 4.78 is 2.23. The van der Waals surface area contributed by atoms with Crippen LogP contribution in [-0.2, 0) is 0 Å². The van der Waals surface area contributed by atoms with Crippen molar-refractivity contribution in [1.82, 2.24) is 4.57 Å². The Morgan fingerprint density at radius 3 is 2.45 bits per heavy atom. The van der Waals surface area contributed by atoms with Crippen molar-refractivity contribution in [2.24, 2.45) is 0 Å². The van der Waals surface area contributed by atoms with E-state index >= 15 is 0 Å². The van der Waals surface area contributed by atoms with Crippen LogP contribution in [0.3, 0.4) is 0 Å². The summed E-state index contributed by atoms with van der Waals surface area (Å²) in [4.78, 5) is 0. The van der Waals surface area contributed by atoms with Gasteiger partial charge in [0.15, 0.2) is 0 Å². The smallest absolute Gasteiger partial charge is 0.0992 e. The minimum atomic E-state index is 0.684. The fraction of sp³-hybridized carbons (Fsp3) is 0.0500. The molecule has 22 heavy (non-hydrogen) atoms. The van der Waals surface area contributed by atoms with Gasteiger partial charge >= 0.3 is 0 Å². The zero-order chi connectivity index (χ0) is 15.1. The fourth-order valence-electron chi connectivity index (χ4n) is 3.09. The van der Waals surface area contributed by atoms with Crippen molar-refractivity contribution in [3.05, 3.63) is 77.9 Å². The molecule has 0 N–H and O–H groups in total. The first-order chi connectivity index (χ1) is 10.8. The molecular weight excluding hydrogens is 268 g/mol. The van der Waals surface area contributed by atoms with Gasteiger partial charge in [0.05, 0.1) is 22.7 Å². The van der Waals surface area contributed by atoms with Gasteiger partial charge in [0.2, 0.25) is 0 Å². The van der Waals surface area contributed by atoms with E-state index in [4.69, 9.17) is 0 Å². The first-order valence-electron chi connectivity index (χ1n) is 7.28. The van der Waals surface area contributed by atoms with Crippen molar-refractivity contribution < 1.29 is 0 Å². The molecule has 1 aromatic heterocycles. The normalized spacial score (nSPS) is 10.9. The van der Waals surface area contributed by atoms with E-state index < -0.39 is 0 Å². The molecule has 1 heterocycles. The average molecular weight is 282 g/mol. The number of aromatic nitrogens is 1. The number of para-hydroxylation sites is 1. The summed E-state index contributed by atoms with van der Waals surface area (Å²) in [5.41, 5.74) is 5.27. The molecule has 0 fully saturated rings. The lowest BCUT2D eigenvalue weighted by molar-refractivity contribution is 1.17. The van der Waals surface area contributed by atoms with E-state index in [0.29, 0.717) is 5.56 Å². The monoisotopic (exact) mass is 282 g/mol. The van der Waals surface area contributed by atoms with Crippen LogP contribution in [0.2, 0.25) is 0 Å². The van der Waals surface area contributed by atoms with E-state index in [1.54, 1.807) is 0 Å². The summed E-state index contributed by atoms with van der Waals surface area (Å²) in [5.74, 6) is 0. The van der Waals surface area contributed by atoms with Crippen molar-refractivity contribution in [1.29, 1.82) is 5.26 Å². The summed E-state index contributed by atoms with van der Waals surface area (Å²) in [6, 6.07) is 25.0. The number of nitriles is 1. The number of fused-ring (bicyclic) bond motifs is 3. The summed E-state index contributed by atoms with van der Waals surface area (Å²) >= 11 is 0. The van der Waals surface area contributed by atoms with E-state index in [2.05, 4.69) is 66.1 Å². The first kappa shape index (κ1) is 12.7. The quantitative estimate of drug-likeness (QED) is 0.485. The van der Waals surface area contributed by atoms with Gasteiger partial charge in [-0.2, -0.15) is 5.26 Å². The second-order valence-electron chi connectivity index (χ2n) is 5.54. The number of aryl methyl sites for hydroxylation is 1. The summed E-state index contributed by atoms with van der Waals surface area (Å²) in [6.45, 7) is 2.10. The SMILES string of the molecule is Cc1cccc(-n2c3ccccc3c3ccc(C#N)cc32)c1. The lowest BCUT2D eigenvalue weighted by atomic mass is 10.1. The van der Waals surface area contributed by atoms with Gasteiger partial charge < -0.3 is 4.57 Å². The van der Waals surface area contributed by atoms with Gasteiger partial charge in [-0.25, -0.2) is 0 Å². The van der Waals surface area contributed by atoms with Gasteiger partial charge in [-0.05, 0) is 42.8 Å². The molecule has 4 aromatic rings. The van der Waals surface area contributed by atoms with E-state index in [-0.39, 0.29) is 0 Å². The molecule has 0 aliphatic heterocycles. The van der Waals surface area contributed by atoms with Crippen molar-refractivity contribution in [3.63, 3.8) is 0 Å². The third-order valence-electron chi connectivity index (χ3n) is 4.06. The lowest BCUT2D eigenvalue weighted by Gasteiger charge is -2.08. The Kier molecular flexibility index (Phi) is 2.74. The molecule has 0 bridgehead atoms. The number of rotatable bonds is 1. The van der Waals surface area contributed by atoms with E-state index in [0.717, 1.165) is 16.7 Å². The molecule has 0 unspecified atom stereocenters. The van der Waals surface area contributed by atoms with Crippen LogP contribution in [0.25, 0.3) is 27.5 Å².